The standard InChI is InChI=1S/3CH3NS2.Mo.H2O4S/c3*2-1(3)4;;1-5(2,3)4/h3*(H3,2,3,4);;(H2,1,2,3,4)/q;;;+4;/p-4. The average Bonchev–Trinajstić information content (AvgIpc) is 1.99. The number of hydrogen-bond acceptors (Lipinski definition) is 9. The van der Waals surface area contributed by atoms with Gasteiger partial charge in [-0.2, -0.15) is 0 Å². The predicted octanol–water partition coefficient (Wildman–Crippen LogP) is -1.40. The van der Waals surface area contributed by atoms with Gasteiger partial charge in [-0.05, 0) is 0 Å². The number of thiocarbonyl (C=S) groups is 3. The molecule has 0 atom stereocenters. The van der Waals surface area contributed by atoms with Crippen molar-refractivity contribution in [2.75, 3.05) is 0 Å². The van der Waals surface area contributed by atoms with E-state index >= 15 is 0 Å². The Bertz CT molecular complexity index is 305. The molecule has 0 aliphatic carbocycles. The molecule has 0 aromatic heterocycles. The Morgan fingerprint density at radius 3 is 1.06 bits per heavy atom. The zero-order chi connectivity index (χ0) is 15.9. The molecule has 0 amide bonds. The maximum atomic E-state index is 9.34. The molecule has 0 aromatic rings. The van der Waals surface area contributed by atoms with E-state index in [1.807, 2.05) is 0 Å². The van der Waals surface area contributed by atoms with Gasteiger partial charge in [-0.3, -0.25) is 0 Å². The van der Waals surface area contributed by atoms with E-state index in [9.17, 15) is 8.42 Å². The van der Waals surface area contributed by atoms with E-state index in [1.165, 1.54) is 0 Å². The Balaban J connectivity index is -0.0000000742. The van der Waals surface area contributed by atoms with Gasteiger partial charge < -0.3 is 91.7 Å². The molecule has 0 heterocycles. The molecule has 106 valence electrons. The Morgan fingerprint density at radius 2 is 1.06 bits per heavy atom. The summed E-state index contributed by atoms with van der Waals surface area (Å²) < 4.78 is 30.0. The molecule has 7 N–H and O–H groups in total. The van der Waals surface area contributed by atoms with Crippen LogP contribution in [0.15, 0.2) is 0 Å². The summed E-state index contributed by atoms with van der Waals surface area (Å²) >= 11 is 25.6. The van der Waals surface area contributed by atoms with Crippen LogP contribution in [0.1, 0.15) is 0 Å². The van der Waals surface area contributed by atoms with E-state index in [0.717, 1.165) is 20.2 Å². The number of rotatable bonds is 1. The van der Waals surface area contributed by atoms with E-state index in [2.05, 4.69) is 94.6 Å². The van der Waals surface area contributed by atoms with Crippen LogP contribution in [0.2, 0.25) is 0 Å². The second-order valence-electron chi connectivity index (χ2n) is 1.45. The first-order chi connectivity index (χ1) is 7.76. The third kappa shape index (κ3) is 282. The normalized spacial score (nSPS) is 7.78. The first-order valence-corrected chi connectivity index (χ1v) is 7.57. The molecule has 0 rings (SSSR count). The van der Waals surface area contributed by atoms with Crippen LogP contribution in [0, 0.1) is 0 Å². The Hall–Kier alpha value is 0.888. The van der Waals surface area contributed by atoms with Crippen LogP contribution in [0.3, 0.4) is 0 Å². The fourth-order valence-corrected chi connectivity index (χ4v) is 0. The summed E-state index contributed by atoms with van der Waals surface area (Å²) in [6, 6.07) is 0. The third-order valence-electron chi connectivity index (χ3n) is 0.0860. The first kappa shape index (κ1) is 27.3. The zero-order valence-electron chi connectivity index (χ0n) is 8.17. The second kappa shape index (κ2) is 17.9. The Morgan fingerprint density at radius 1 is 1.00 bits per heavy atom. The van der Waals surface area contributed by atoms with Crippen molar-refractivity contribution in [3.05, 3.63) is 0 Å². The van der Waals surface area contributed by atoms with Crippen LogP contribution in [-0.2, 0) is 71.3 Å². The average molecular weight is 470 g/mol. The molecular formula is C3H7MoN3O4S7. The molecule has 0 fully saturated rings. The quantitative estimate of drug-likeness (QED) is 0.155. The van der Waals surface area contributed by atoms with Crippen molar-refractivity contribution in [1.29, 1.82) is 0 Å². The van der Waals surface area contributed by atoms with Gasteiger partial charge in [-0.25, -0.2) is 0 Å². The van der Waals surface area contributed by atoms with Crippen LogP contribution in [-0.4, -0.2) is 25.9 Å². The molecule has 0 bridgehead atoms. The van der Waals surface area contributed by atoms with E-state index in [1.54, 1.807) is 0 Å². The van der Waals surface area contributed by atoms with Crippen molar-refractivity contribution in [2.45, 2.75) is 0 Å². The zero-order valence-corrected chi connectivity index (χ0v) is 15.9. The number of nitrogens with two attached hydrogens (primary N) is 3. The molecule has 0 aromatic carbocycles. The van der Waals surface area contributed by atoms with Crippen molar-refractivity contribution in [1.82, 2.24) is 0 Å². The minimum atomic E-state index is -4.16. The van der Waals surface area contributed by atoms with Gasteiger partial charge in [-0.1, -0.05) is 13.0 Å². The van der Waals surface area contributed by atoms with Crippen molar-refractivity contribution in [2.24, 2.45) is 17.2 Å². The molecule has 0 aliphatic rings. The van der Waals surface area contributed by atoms with Crippen molar-refractivity contribution < 1.29 is 36.0 Å². The Labute approximate surface area is 149 Å². The van der Waals surface area contributed by atoms with Gasteiger partial charge >= 0.3 is 46.4 Å². The molecule has 15 heteroatoms. The van der Waals surface area contributed by atoms with Gasteiger partial charge in [0.05, 0.1) is 0 Å². The van der Waals surface area contributed by atoms with Crippen LogP contribution >= 0.6 is 36.7 Å². The summed E-state index contributed by atoms with van der Waals surface area (Å²) in [5.74, 6) is 0. The fraction of sp³-hybridized carbons (Fsp3) is 0. The van der Waals surface area contributed by atoms with Crippen LogP contribution in [0.25, 0.3) is 0 Å². The van der Waals surface area contributed by atoms with E-state index in [-0.39, 0.29) is 13.0 Å². The second-order valence-corrected chi connectivity index (χ2v) is 6.86. The van der Waals surface area contributed by atoms with Crippen molar-refractivity contribution >= 4 is 97.9 Å². The van der Waals surface area contributed by atoms with E-state index < -0.39 is 10.4 Å². The van der Waals surface area contributed by atoms with Gasteiger partial charge in [0.1, 0.15) is 0 Å². The van der Waals surface area contributed by atoms with E-state index in [4.69, 9.17) is 4.55 Å². The van der Waals surface area contributed by atoms with Gasteiger partial charge in [0, 0.05) is 0 Å². The molecule has 18 heavy (non-hydrogen) atoms. The summed E-state index contributed by atoms with van der Waals surface area (Å²) in [7, 11) is -4.16. The fourth-order valence-electron chi connectivity index (χ4n) is 0. The molecule has 0 spiro atoms. The third-order valence-corrected chi connectivity index (χ3v) is 1.53. The summed E-state index contributed by atoms with van der Waals surface area (Å²) in [4.78, 5) is 0. The SMILES string of the molecule is NC(=S)[S-].NC(=S)[S-].NC(=S)[S-].O=S(=O)(O)[O][Mo+3]. The Kier molecular flexibility index (Phi) is 27.1. The molecule has 0 unspecified atom stereocenters. The number of hydrogen-bond donors (Lipinski definition) is 4. The van der Waals surface area contributed by atoms with Crippen LogP contribution in [0.4, 0.5) is 0 Å². The van der Waals surface area contributed by atoms with Gasteiger partial charge in [0.25, 0.3) is 0 Å². The molecular weight excluding hydrogens is 462 g/mol. The monoisotopic (exact) mass is 471 g/mol. The molecule has 0 saturated heterocycles. The molecule has 0 radical (unpaired) electrons. The van der Waals surface area contributed by atoms with Crippen molar-refractivity contribution in [3.8, 4) is 0 Å². The van der Waals surface area contributed by atoms with Crippen molar-refractivity contribution in [3.63, 3.8) is 0 Å². The molecule has 0 saturated carbocycles. The molecule has 7 nitrogen and oxygen atoms in total. The summed E-state index contributed by atoms with van der Waals surface area (Å²) in [6.07, 6.45) is 0. The van der Waals surface area contributed by atoms with E-state index in [0.29, 0.717) is 0 Å². The summed E-state index contributed by atoms with van der Waals surface area (Å²) in [6.45, 7) is 0. The van der Waals surface area contributed by atoms with Gasteiger partial charge in [0.2, 0.25) is 0 Å². The van der Waals surface area contributed by atoms with Crippen LogP contribution in [0.5, 0.6) is 0 Å². The summed E-state index contributed by atoms with van der Waals surface area (Å²) in [5, 5.41) is 0. The predicted molar refractivity (Wildman–Crippen MR) is 85.1 cm³/mol. The van der Waals surface area contributed by atoms with Crippen LogP contribution < -0.4 is 17.2 Å². The minimum absolute atomic E-state index is 0.0833. The molecule has 0 aliphatic heterocycles. The topological polar surface area (TPSA) is 142 Å². The summed E-state index contributed by atoms with van der Waals surface area (Å²) in [5.41, 5.74) is 14.0. The van der Waals surface area contributed by atoms with Gasteiger partial charge in [0.15, 0.2) is 0 Å². The first-order valence-electron chi connectivity index (χ1n) is 2.94. The van der Waals surface area contributed by atoms with Gasteiger partial charge in [-0.15, -0.1) is 0 Å². The maximum absolute atomic E-state index is 9.34.